The minimum Gasteiger partial charge on any atom is -0.325 e. The molecular weight excluding hydrogens is 348 g/mol. The van der Waals surface area contributed by atoms with Gasteiger partial charge in [0.05, 0.1) is 16.7 Å². The van der Waals surface area contributed by atoms with E-state index in [4.69, 9.17) is 0 Å². The molecule has 134 valence electrons. The number of nitrogens with zero attached hydrogens (tertiary/aromatic N) is 1. The van der Waals surface area contributed by atoms with Gasteiger partial charge in [-0.2, -0.15) is 0 Å². The Morgan fingerprint density at radius 2 is 1.77 bits per heavy atom. The summed E-state index contributed by atoms with van der Waals surface area (Å²) in [5.74, 6) is -0.545. The van der Waals surface area contributed by atoms with Gasteiger partial charge in [-0.1, -0.05) is 24.3 Å². The van der Waals surface area contributed by atoms with E-state index in [2.05, 4.69) is 5.32 Å². The highest BCUT2D eigenvalue weighted by Crippen LogP contribution is 2.29. The summed E-state index contributed by atoms with van der Waals surface area (Å²) in [5.41, 5.74) is 3.46. The van der Waals surface area contributed by atoms with E-state index >= 15 is 0 Å². The predicted molar refractivity (Wildman–Crippen MR) is 104 cm³/mol. The van der Waals surface area contributed by atoms with Crippen LogP contribution < -0.4 is 10.2 Å². The van der Waals surface area contributed by atoms with Gasteiger partial charge in [0.1, 0.15) is 0 Å². The van der Waals surface area contributed by atoms with Crippen molar-refractivity contribution in [2.75, 3.05) is 16.0 Å². The Bertz CT molecular complexity index is 831. The average molecular weight is 368 g/mol. The third-order valence-electron chi connectivity index (χ3n) is 4.04. The first-order chi connectivity index (χ1) is 12.4. The molecule has 0 radical (unpaired) electrons. The van der Waals surface area contributed by atoms with Crippen LogP contribution in [0.1, 0.15) is 17.5 Å². The molecule has 0 spiro atoms. The molecule has 1 heterocycles. The van der Waals surface area contributed by atoms with Crippen LogP contribution in [0.25, 0.3) is 0 Å². The lowest BCUT2D eigenvalue weighted by Gasteiger charge is -2.14. The van der Waals surface area contributed by atoms with Crippen molar-refractivity contribution < 1.29 is 14.4 Å². The fraction of sp³-hybridized carbons (Fsp3) is 0.250. The van der Waals surface area contributed by atoms with Crippen molar-refractivity contribution in [3.05, 3.63) is 59.7 Å². The summed E-state index contributed by atoms with van der Waals surface area (Å²) in [5, 5.41) is 2.33. The van der Waals surface area contributed by atoms with Gasteiger partial charge in [-0.05, 0) is 49.2 Å². The molecule has 0 saturated carbocycles. The van der Waals surface area contributed by atoms with Crippen LogP contribution in [0.4, 0.5) is 11.4 Å². The van der Waals surface area contributed by atoms with Crippen molar-refractivity contribution in [1.82, 2.24) is 0 Å². The van der Waals surface area contributed by atoms with Crippen molar-refractivity contribution in [1.29, 1.82) is 0 Å². The van der Waals surface area contributed by atoms with Crippen molar-refractivity contribution >= 4 is 40.9 Å². The first-order valence-electron chi connectivity index (χ1n) is 8.35. The minimum absolute atomic E-state index is 0.120. The van der Waals surface area contributed by atoms with Crippen LogP contribution in [-0.2, 0) is 14.4 Å². The average Bonchev–Trinajstić information content (AvgIpc) is 2.86. The highest BCUT2D eigenvalue weighted by molar-refractivity contribution is 8.01. The van der Waals surface area contributed by atoms with Crippen molar-refractivity contribution in [3.8, 4) is 0 Å². The monoisotopic (exact) mass is 368 g/mol. The summed E-state index contributed by atoms with van der Waals surface area (Å²) < 4.78 is 0. The molecule has 1 aliphatic heterocycles. The summed E-state index contributed by atoms with van der Waals surface area (Å²) in [6.07, 6.45) is 0.120. The van der Waals surface area contributed by atoms with E-state index in [1.807, 2.05) is 38.1 Å². The number of carbonyl (C=O) groups excluding carboxylic acids is 3. The number of imide groups is 1. The van der Waals surface area contributed by atoms with Gasteiger partial charge in [0.2, 0.25) is 17.7 Å². The molecule has 0 aliphatic carbocycles. The lowest BCUT2D eigenvalue weighted by molar-refractivity contribution is -0.121. The largest absolute Gasteiger partial charge is 0.325 e. The van der Waals surface area contributed by atoms with Crippen LogP contribution in [0.2, 0.25) is 0 Å². The molecule has 0 bridgehead atoms. The number of rotatable bonds is 5. The number of amides is 3. The fourth-order valence-electron chi connectivity index (χ4n) is 3.00. The second kappa shape index (κ2) is 7.74. The number of para-hydroxylation sites is 1. The van der Waals surface area contributed by atoms with Gasteiger partial charge in [0, 0.05) is 12.1 Å². The molecule has 5 nitrogen and oxygen atoms in total. The van der Waals surface area contributed by atoms with Crippen molar-refractivity contribution in [2.45, 2.75) is 25.5 Å². The van der Waals surface area contributed by atoms with Gasteiger partial charge < -0.3 is 5.32 Å². The number of carbonyl (C=O) groups is 3. The second-order valence-electron chi connectivity index (χ2n) is 6.33. The molecule has 2 aromatic rings. The number of benzene rings is 2. The van der Waals surface area contributed by atoms with Crippen LogP contribution in [0.15, 0.2) is 48.5 Å². The van der Waals surface area contributed by atoms with E-state index in [9.17, 15) is 14.4 Å². The van der Waals surface area contributed by atoms with E-state index in [0.29, 0.717) is 5.69 Å². The normalized spacial score (nSPS) is 16.8. The number of hydrogen-bond donors (Lipinski definition) is 1. The van der Waals surface area contributed by atoms with E-state index in [1.165, 1.54) is 16.7 Å². The van der Waals surface area contributed by atoms with E-state index in [1.54, 1.807) is 24.3 Å². The Hall–Kier alpha value is -2.60. The molecule has 3 rings (SSSR count). The Labute approximate surface area is 156 Å². The van der Waals surface area contributed by atoms with Gasteiger partial charge >= 0.3 is 0 Å². The summed E-state index contributed by atoms with van der Waals surface area (Å²) >= 11 is 1.21. The molecule has 1 N–H and O–H groups in total. The molecule has 1 fully saturated rings. The molecule has 0 aromatic heterocycles. The van der Waals surface area contributed by atoms with Crippen molar-refractivity contribution in [2.24, 2.45) is 0 Å². The summed E-state index contributed by atoms with van der Waals surface area (Å²) in [4.78, 5) is 38.1. The van der Waals surface area contributed by atoms with Gasteiger partial charge in [-0.3, -0.25) is 14.4 Å². The molecular formula is C20H20N2O3S. The number of anilines is 2. The lowest BCUT2D eigenvalue weighted by atomic mass is 10.1. The fourth-order valence-corrected chi connectivity index (χ4v) is 3.94. The van der Waals surface area contributed by atoms with Crippen LogP contribution in [0.3, 0.4) is 0 Å². The zero-order chi connectivity index (χ0) is 18.7. The molecule has 1 aliphatic rings. The summed E-state index contributed by atoms with van der Waals surface area (Å²) in [6.45, 7) is 3.94. The lowest BCUT2D eigenvalue weighted by Crippen LogP contribution is -2.31. The van der Waals surface area contributed by atoms with Crippen molar-refractivity contribution in [3.63, 3.8) is 0 Å². The Morgan fingerprint density at radius 1 is 1.12 bits per heavy atom. The first kappa shape index (κ1) is 18.2. The van der Waals surface area contributed by atoms with Crippen LogP contribution >= 0.6 is 11.8 Å². The standard InChI is InChI=1S/C20H20N2O3S/c1-13-8-14(2)10-15(9-13)21-18(23)12-26-17-11-19(24)22(20(17)25)16-6-4-3-5-7-16/h3-10,17H,11-12H2,1-2H3,(H,21,23)/t17-/m0/s1. The quantitative estimate of drug-likeness (QED) is 0.823. The van der Waals surface area contributed by atoms with Crippen LogP contribution in [0, 0.1) is 13.8 Å². The number of thioether (sulfide) groups is 1. The van der Waals surface area contributed by atoms with E-state index < -0.39 is 5.25 Å². The summed E-state index contributed by atoms with van der Waals surface area (Å²) in [6, 6.07) is 14.7. The summed E-state index contributed by atoms with van der Waals surface area (Å²) in [7, 11) is 0. The van der Waals surface area contributed by atoms with Gasteiger partial charge in [0.25, 0.3) is 0 Å². The molecule has 1 saturated heterocycles. The number of hydrogen-bond acceptors (Lipinski definition) is 4. The zero-order valence-corrected chi connectivity index (χ0v) is 15.5. The Morgan fingerprint density at radius 3 is 2.42 bits per heavy atom. The molecule has 26 heavy (non-hydrogen) atoms. The van der Waals surface area contributed by atoms with Gasteiger partial charge in [-0.15, -0.1) is 11.8 Å². The highest BCUT2D eigenvalue weighted by atomic mass is 32.2. The molecule has 6 heteroatoms. The van der Waals surface area contributed by atoms with Crippen LogP contribution in [0.5, 0.6) is 0 Å². The second-order valence-corrected chi connectivity index (χ2v) is 7.52. The predicted octanol–water partition coefficient (Wildman–Crippen LogP) is 3.31. The third-order valence-corrected chi connectivity index (χ3v) is 5.24. The van der Waals surface area contributed by atoms with Crippen LogP contribution in [-0.4, -0.2) is 28.7 Å². The Kier molecular flexibility index (Phi) is 5.42. The highest BCUT2D eigenvalue weighted by Gasteiger charge is 2.39. The minimum atomic E-state index is -0.521. The SMILES string of the molecule is Cc1cc(C)cc(NC(=O)CS[C@H]2CC(=O)N(c3ccccc3)C2=O)c1. The third kappa shape index (κ3) is 4.14. The number of nitrogens with one attached hydrogen (secondary N) is 1. The maximum atomic E-state index is 12.5. The van der Waals surface area contributed by atoms with E-state index in [-0.39, 0.29) is 29.9 Å². The van der Waals surface area contributed by atoms with Gasteiger partial charge in [0.15, 0.2) is 0 Å². The maximum absolute atomic E-state index is 12.5. The smallest absolute Gasteiger partial charge is 0.247 e. The topological polar surface area (TPSA) is 66.5 Å². The molecule has 2 aromatic carbocycles. The van der Waals surface area contributed by atoms with Gasteiger partial charge in [-0.25, -0.2) is 4.90 Å². The number of aryl methyl sites for hydroxylation is 2. The van der Waals surface area contributed by atoms with E-state index in [0.717, 1.165) is 16.8 Å². The molecule has 3 amide bonds. The maximum Gasteiger partial charge on any atom is 0.247 e. The zero-order valence-electron chi connectivity index (χ0n) is 14.7. The molecule has 0 unspecified atom stereocenters. The first-order valence-corrected chi connectivity index (χ1v) is 9.40. The molecule has 1 atom stereocenters. The Balaban J connectivity index is 1.59.